The van der Waals surface area contributed by atoms with Crippen LogP contribution >= 0.6 is 0 Å². The molecular weight excluding hydrogens is 496 g/mol. The van der Waals surface area contributed by atoms with Gasteiger partial charge in [0.1, 0.15) is 23.0 Å². The molecule has 3 aromatic carbocycles. The van der Waals surface area contributed by atoms with E-state index in [1.807, 2.05) is 6.92 Å². The number of nitrogens with zero attached hydrogens (tertiary/aromatic N) is 1. The van der Waals surface area contributed by atoms with Gasteiger partial charge in [-0.1, -0.05) is 6.07 Å². The van der Waals surface area contributed by atoms with E-state index in [1.54, 1.807) is 69.7 Å². The molecular formula is C27H30N2O7S. The van der Waals surface area contributed by atoms with Crippen molar-refractivity contribution in [2.75, 3.05) is 32.2 Å². The molecule has 0 saturated carbocycles. The number of carbonyl (C=O) groups is 1. The number of hydrogen-bond donors (Lipinski definition) is 1. The molecule has 10 heteroatoms. The number of carbonyl (C=O) groups excluding carboxylic acids is 1. The number of hydrogen-bond acceptors (Lipinski definition) is 7. The second-order valence-electron chi connectivity index (χ2n) is 8.63. The first kappa shape index (κ1) is 26.2. The fourth-order valence-corrected chi connectivity index (χ4v) is 5.63. The average molecular weight is 527 g/mol. The molecule has 3 aromatic rings. The highest BCUT2D eigenvalue weighted by Gasteiger charge is 2.38. The Labute approximate surface area is 217 Å². The Bertz CT molecular complexity index is 1390. The Morgan fingerprint density at radius 2 is 1.65 bits per heavy atom. The lowest BCUT2D eigenvalue weighted by atomic mass is 10.1. The minimum Gasteiger partial charge on any atom is -0.497 e. The van der Waals surface area contributed by atoms with Crippen LogP contribution in [0.3, 0.4) is 0 Å². The number of sulfonamides is 1. The molecule has 0 aromatic heterocycles. The van der Waals surface area contributed by atoms with Crippen molar-refractivity contribution in [3.8, 4) is 23.0 Å². The van der Waals surface area contributed by atoms with Crippen LogP contribution in [0.1, 0.15) is 24.1 Å². The lowest BCUT2D eigenvalue weighted by Gasteiger charge is -2.35. The Hall–Kier alpha value is -3.92. The summed E-state index contributed by atoms with van der Waals surface area (Å²) in [6.45, 7) is 3.47. The SMILES string of the molecule is COc1ccc(S(=O)(=O)N2CC(C(=O)NC(C)c3cc(OC)ccc3OC)Oc3ccc(C)cc32)cc1. The fraction of sp³-hybridized carbons (Fsp3) is 0.296. The van der Waals surface area contributed by atoms with E-state index >= 15 is 0 Å². The smallest absolute Gasteiger partial charge is 0.264 e. The van der Waals surface area contributed by atoms with Gasteiger partial charge in [-0.25, -0.2) is 8.42 Å². The zero-order valence-electron chi connectivity index (χ0n) is 21.3. The molecule has 0 fully saturated rings. The van der Waals surface area contributed by atoms with E-state index < -0.39 is 28.1 Å². The van der Waals surface area contributed by atoms with Crippen LogP contribution in [0.15, 0.2) is 65.6 Å². The first-order valence-electron chi connectivity index (χ1n) is 11.6. The summed E-state index contributed by atoms with van der Waals surface area (Å²) in [7, 11) is 0.611. The molecule has 0 bridgehead atoms. The van der Waals surface area contributed by atoms with Crippen LogP contribution in [-0.2, 0) is 14.8 Å². The number of aryl methyl sites for hydroxylation is 1. The van der Waals surface area contributed by atoms with Gasteiger partial charge in [-0.15, -0.1) is 0 Å². The van der Waals surface area contributed by atoms with Crippen LogP contribution in [-0.4, -0.2) is 48.3 Å². The van der Waals surface area contributed by atoms with Gasteiger partial charge < -0.3 is 24.3 Å². The van der Waals surface area contributed by atoms with Crippen molar-refractivity contribution in [3.05, 3.63) is 71.8 Å². The van der Waals surface area contributed by atoms with Crippen molar-refractivity contribution >= 4 is 21.6 Å². The molecule has 1 aliphatic rings. The van der Waals surface area contributed by atoms with Crippen LogP contribution in [0.4, 0.5) is 5.69 Å². The fourth-order valence-electron chi connectivity index (χ4n) is 4.16. The molecule has 0 saturated heterocycles. The normalized spacial score (nSPS) is 15.7. The maximum absolute atomic E-state index is 13.7. The molecule has 1 N–H and O–H groups in total. The van der Waals surface area contributed by atoms with E-state index in [4.69, 9.17) is 18.9 Å². The first-order chi connectivity index (χ1) is 17.7. The van der Waals surface area contributed by atoms with Gasteiger partial charge in [0.05, 0.1) is 44.5 Å². The molecule has 196 valence electrons. The van der Waals surface area contributed by atoms with E-state index in [0.717, 1.165) is 5.56 Å². The highest BCUT2D eigenvalue weighted by molar-refractivity contribution is 7.92. The second-order valence-corrected chi connectivity index (χ2v) is 10.5. The molecule has 0 radical (unpaired) electrons. The number of benzene rings is 3. The Balaban J connectivity index is 1.64. The van der Waals surface area contributed by atoms with Crippen LogP contribution in [0.25, 0.3) is 0 Å². The molecule has 37 heavy (non-hydrogen) atoms. The number of ether oxygens (including phenoxy) is 4. The summed E-state index contributed by atoms with van der Waals surface area (Å²) in [4.78, 5) is 13.4. The van der Waals surface area contributed by atoms with E-state index in [2.05, 4.69) is 5.32 Å². The quantitative estimate of drug-likeness (QED) is 0.476. The number of anilines is 1. The van der Waals surface area contributed by atoms with Crippen molar-refractivity contribution in [2.45, 2.75) is 30.9 Å². The van der Waals surface area contributed by atoms with Gasteiger partial charge in [-0.3, -0.25) is 9.10 Å². The third-order valence-electron chi connectivity index (χ3n) is 6.19. The summed E-state index contributed by atoms with van der Waals surface area (Å²) < 4.78 is 50.5. The monoisotopic (exact) mass is 526 g/mol. The predicted molar refractivity (Wildman–Crippen MR) is 139 cm³/mol. The minimum absolute atomic E-state index is 0.0799. The van der Waals surface area contributed by atoms with Gasteiger partial charge in [0.15, 0.2) is 6.10 Å². The lowest BCUT2D eigenvalue weighted by Crippen LogP contribution is -2.51. The third kappa shape index (κ3) is 5.29. The maximum Gasteiger partial charge on any atom is 0.264 e. The molecule has 1 heterocycles. The molecule has 2 atom stereocenters. The molecule has 1 amide bonds. The summed E-state index contributed by atoms with van der Waals surface area (Å²) in [5.74, 6) is 1.59. The number of rotatable bonds is 8. The van der Waals surface area contributed by atoms with Gasteiger partial charge in [0.25, 0.3) is 15.9 Å². The third-order valence-corrected chi connectivity index (χ3v) is 7.98. The van der Waals surface area contributed by atoms with Gasteiger partial charge in [-0.05, 0) is 74.0 Å². The minimum atomic E-state index is -4.00. The lowest BCUT2D eigenvalue weighted by molar-refractivity contribution is -0.128. The summed E-state index contributed by atoms with van der Waals surface area (Å²) in [5, 5.41) is 2.92. The second kappa shape index (κ2) is 10.6. The molecule has 0 spiro atoms. The summed E-state index contributed by atoms with van der Waals surface area (Å²) >= 11 is 0. The maximum atomic E-state index is 13.7. The molecule has 1 aliphatic heterocycles. The highest BCUT2D eigenvalue weighted by Crippen LogP contribution is 2.38. The molecule has 0 aliphatic carbocycles. The summed E-state index contributed by atoms with van der Waals surface area (Å²) in [6, 6.07) is 16.2. The molecule has 2 unspecified atom stereocenters. The predicted octanol–water partition coefficient (Wildman–Crippen LogP) is 3.85. The average Bonchev–Trinajstić information content (AvgIpc) is 2.91. The first-order valence-corrected chi connectivity index (χ1v) is 13.1. The van der Waals surface area contributed by atoms with E-state index in [1.165, 1.54) is 23.5 Å². The van der Waals surface area contributed by atoms with Gasteiger partial charge >= 0.3 is 0 Å². The Morgan fingerprint density at radius 3 is 2.30 bits per heavy atom. The van der Waals surface area contributed by atoms with Crippen molar-refractivity contribution < 1.29 is 32.2 Å². The zero-order chi connectivity index (χ0) is 26.7. The summed E-state index contributed by atoms with van der Waals surface area (Å²) in [6.07, 6.45) is -1.08. The zero-order valence-corrected chi connectivity index (χ0v) is 22.2. The molecule has 9 nitrogen and oxygen atoms in total. The van der Waals surface area contributed by atoms with Crippen LogP contribution in [0.2, 0.25) is 0 Å². The van der Waals surface area contributed by atoms with Crippen molar-refractivity contribution in [1.82, 2.24) is 5.32 Å². The highest BCUT2D eigenvalue weighted by atomic mass is 32.2. The van der Waals surface area contributed by atoms with Crippen LogP contribution in [0.5, 0.6) is 23.0 Å². The van der Waals surface area contributed by atoms with Crippen molar-refractivity contribution in [1.29, 1.82) is 0 Å². The van der Waals surface area contributed by atoms with Crippen LogP contribution in [0, 0.1) is 6.92 Å². The van der Waals surface area contributed by atoms with Crippen molar-refractivity contribution in [3.63, 3.8) is 0 Å². The van der Waals surface area contributed by atoms with E-state index in [9.17, 15) is 13.2 Å². The topological polar surface area (TPSA) is 103 Å². The van der Waals surface area contributed by atoms with Crippen molar-refractivity contribution in [2.24, 2.45) is 0 Å². The summed E-state index contributed by atoms with van der Waals surface area (Å²) in [5.41, 5.74) is 1.95. The number of methoxy groups -OCH3 is 3. The van der Waals surface area contributed by atoms with E-state index in [0.29, 0.717) is 34.2 Å². The molecule has 4 rings (SSSR count). The van der Waals surface area contributed by atoms with Gasteiger partial charge in [0.2, 0.25) is 0 Å². The van der Waals surface area contributed by atoms with Gasteiger partial charge in [-0.2, -0.15) is 0 Å². The Morgan fingerprint density at radius 1 is 0.973 bits per heavy atom. The largest absolute Gasteiger partial charge is 0.497 e. The number of nitrogens with one attached hydrogen (secondary N) is 1. The van der Waals surface area contributed by atoms with E-state index in [-0.39, 0.29) is 11.4 Å². The number of amides is 1. The Kier molecular flexibility index (Phi) is 7.49. The van der Waals surface area contributed by atoms with Gasteiger partial charge in [0, 0.05) is 5.56 Å². The number of fused-ring (bicyclic) bond motifs is 1. The standard InChI is InChI=1S/C27H30N2O7S/c1-17-6-12-25-23(14-17)29(37(31,32)21-10-7-19(33-3)8-11-21)16-26(36-25)27(30)28-18(2)22-15-20(34-4)9-13-24(22)35-5/h6-15,18,26H,16H2,1-5H3,(H,28,30). The van der Waals surface area contributed by atoms with Crippen LogP contribution < -0.4 is 28.6 Å².